The molecule has 0 spiro atoms. The van der Waals surface area contributed by atoms with E-state index in [4.69, 9.17) is 4.42 Å². The molecule has 0 aromatic carbocycles. The molecule has 0 radical (unpaired) electrons. The molecule has 2 aromatic heterocycles. The number of carbonyl (C=O) groups excluding carboxylic acids is 1. The Morgan fingerprint density at radius 1 is 1.58 bits per heavy atom. The second kappa shape index (κ2) is 6.38. The second-order valence-corrected chi connectivity index (χ2v) is 5.34. The zero-order chi connectivity index (χ0) is 13.7. The molecule has 0 saturated heterocycles. The Kier molecular flexibility index (Phi) is 4.57. The maximum Gasteiger partial charge on any atom is 0.315 e. The van der Waals surface area contributed by atoms with Crippen LogP contribution in [0.25, 0.3) is 0 Å². The highest BCUT2D eigenvalue weighted by Gasteiger charge is 2.09. The molecule has 0 aliphatic carbocycles. The van der Waals surface area contributed by atoms with Crippen molar-refractivity contribution in [3.05, 3.63) is 40.2 Å². The van der Waals surface area contributed by atoms with Crippen LogP contribution in [0.1, 0.15) is 23.4 Å². The van der Waals surface area contributed by atoms with Crippen molar-refractivity contribution in [2.24, 2.45) is 0 Å². The lowest BCUT2D eigenvalue weighted by atomic mass is 10.2. The average Bonchev–Trinajstić information content (AvgIpc) is 2.98. The van der Waals surface area contributed by atoms with E-state index >= 15 is 0 Å². The van der Waals surface area contributed by atoms with Crippen molar-refractivity contribution in [3.63, 3.8) is 0 Å². The van der Waals surface area contributed by atoms with Crippen LogP contribution in [0, 0.1) is 6.92 Å². The van der Waals surface area contributed by atoms with Gasteiger partial charge in [0, 0.05) is 23.5 Å². The summed E-state index contributed by atoms with van der Waals surface area (Å²) in [5, 5.41) is 8.53. The van der Waals surface area contributed by atoms with Crippen LogP contribution < -0.4 is 10.6 Å². The number of aromatic nitrogens is 1. The smallest absolute Gasteiger partial charge is 0.315 e. The van der Waals surface area contributed by atoms with Gasteiger partial charge in [0.15, 0.2) is 0 Å². The lowest BCUT2D eigenvalue weighted by Crippen LogP contribution is -2.41. The van der Waals surface area contributed by atoms with Crippen LogP contribution in [0.15, 0.2) is 28.2 Å². The topological polar surface area (TPSA) is 67.2 Å². The number of nitrogens with one attached hydrogen (secondary N) is 2. The van der Waals surface area contributed by atoms with Gasteiger partial charge in [-0.15, -0.1) is 11.3 Å². The first-order valence-electron chi connectivity index (χ1n) is 6.11. The fourth-order valence-electron chi connectivity index (χ4n) is 1.70. The van der Waals surface area contributed by atoms with Crippen LogP contribution in [-0.2, 0) is 13.0 Å². The van der Waals surface area contributed by atoms with Crippen LogP contribution in [0.3, 0.4) is 0 Å². The fraction of sp³-hybridized carbons (Fsp3) is 0.385. The third kappa shape index (κ3) is 4.40. The molecule has 19 heavy (non-hydrogen) atoms. The molecule has 6 heteroatoms. The number of nitrogens with zero attached hydrogens (tertiary/aromatic N) is 1. The maximum absolute atomic E-state index is 11.7. The van der Waals surface area contributed by atoms with E-state index in [-0.39, 0.29) is 12.1 Å². The summed E-state index contributed by atoms with van der Waals surface area (Å²) >= 11 is 1.55. The van der Waals surface area contributed by atoms with Gasteiger partial charge < -0.3 is 15.1 Å². The number of carbonyl (C=O) groups is 1. The van der Waals surface area contributed by atoms with Gasteiger partial charge in [-0.25, -0.2) is 9.78 Å². The summed E-state index contributed by atoms with van der Waals surface area (Å²) in [4.78, 5) is 16.0. The Labute approximate surface area is 116 Å². The van der Waals surface area contributed by atoms with Crippen molar-refractivity contribution in [1.82, 2.24) is 15.6 Å². The minimum atomic E-state index is -0.188. The quantitative estimate of drug-likeness (QED) is 0.883. The number of aryl methyl sites for hydroxylation is 1. The number of amides is 2. The van der Waals surface area contributed by atoms with E-state index < -0.39 is 0 Å². The summed E-state index contributed by atoms with van der Waals surface area (Å²) in [5.41, 5.74) is 0.980. The molecular formula is C13H17N3O2S. The van der Waals surface area contributed by atoms with Crippen LogP contribution in [0.2, 0.25) is 0 Å². The van der Waals surface area contributed by atoms with Crippen LogP contribution >= 0.6 is 11.3 Å². The highest BCUT2D eigenvalue weighted by molar-refractivity contribution is 7.09. The number of rotatable bonds is 5. The van der Waals surface area contributed by atoms with Crippen molar-refractivity contribution in [1.29, 1.82) is 0 Å². The molecule has 0 aliphatic rings. The molecule has 1 atom stereocenters. The summed E-state index contributed by atoms with van der Waals surface area (Å²) in [6, 6.07) is 3.57. The van der Waals surface area contributed by atoms with Gasteiger partial charge in [-0.1, -0.05) is 0 Å². The van der Waals surface area contributed by atoms with E-state index in [9.17, 15) is 4.79 Å². The SMILES string of the molecule is Cc1csc(CNC(=O)N[C@@H](C)Cc2ccco2)n1. The van der Waals surface area contributed by atoms with Crippen molar-refractivity contribution >= 4 is 17.4 Å². The molecule has 2 aromatic rings. The molecule has 0 unspecified atom stereocenters. The number of hydrogen-bond acceptors (Lipinski definition) is 4. The monoisotopic (exact) mass is 279 g/mol. The first-order valence-corrected chi connectivity index (χ1v) is 6.99. The Bertz CT molecular complexity index is 522. The third-order valence-corrected chi connectivity index (χ3v) is 3.50. The van der Waals surface area contributed by atoms with Crippen LogP contribution in [0.5, 0.6) is 0 Å². The van der Waals surface area contributed by atoms with Gasteiger partial charge in [0.25, 0.3) is 0 Å². The number of hydrogen-bond donors (Lipinski definition) is 2. The molecule has 0 saturated carbocycles. The molecule has 2 heterocycles. The Balaban J connectivity index is 1.71. The third-order valence-electron chi connectivity index (χ3n) is 2.53. The Hall–Kier alpha value is -1.82. The maximum atomic E-state index is 11.7. The molecule has 2 N–H and O–H groups in total. The zero-order valence-corrected chi connectivity index (χ0v) is 11.8. The molecule has 0 bridgehead atoms. The highest BCUT2D eigenvalue weighted by Crippen LogP contribution is 2.08. The van der Waals surface area contributed by atoms with Crippen LogP contribution in [0.4, 0.5) is 4.79 Å². The molecule has 5 nitrogen and oxygen atoms in total. The summed E-state index contributed by atoms with van der Waals surface area (Å²) in [5.74, 6) is 0.864. The van der Waals surface area contributed by atoms with Gasteiger partial charge in [0.2, 0.25) is 0 Å². The van der Waals surface area contributed by atoms with E-state index in [1.807, 2.05) is 31.4 Å². The molecule has 2 amide bonds. The summed E-state index contributed by atoms with van der Waals surface area (Å²) in [7, 11) is 0. The molecule has 0 fully saturated rings. The molecule has 2 rings (SSSR count). The van der Waals surface area contributed by atoms with E-state index in [1.165, 1.54) is 0 Å². The van der Waals surface area contributed by atoms with Crippen molar-refractivity contribution < 1.29 is 9.21 Å². The van der Waals surface area contributed by atoms with E-state index in [0.29, 0.717) is 13.0 Å². The second-order valence-electron chi connectivity index (χ2n) is 4.39. The van der Waals surface area contributed by atoms with Crippen molar-refractivity contribution in [2.45, 2.75) is 32.9 Å². The highest BCUT2D eigenvalue weighted by atomic mass is 32.1. The molecule has 0 aliphatic heterocycles. The van der Waals surface area contributed by atoms with Gasteiger partial charge in [0.05, 0.1) is 12.8 Å². The zero-order valence-electron chi connectivity index (χ0n) is 11.0. The number of urea groups is 1. The summed E-state index contributed by atoms with van der Waals surface area (Å²) in [6.07, 6.45) is 2.31. The fourth-order valence-corrected chi connectivity index (χ4v) is 2.41. The standard InChI is InChI=1S/C13H17N3O2S/c1-9(6-11-4-3-5-18-11)16-13(17)14-7-12-15-10(2)8-19-12/h3-5,8-9H,6-7H2,1-2H3,(H2,14,16,17)/t9-/m0/s1. The number of furan rings is 1. The lowest BCUT2D eigenvalue weighted by Gasteiger charge is -2.12. The van der Waals surface area contributed by atoms with E-state index in [2.05, 4.69) is 15.6 Å². The van der Waals surface area contributed by atoms with Gasteiger partial charge in [-0.3, -0.25) is 0 Å². The van der Waals surface area contributed by atoms with E-state index in [0.717, 1.165) is 16.5 Å². The van der Waals surface area contributed by atoms with Crippen molar-refractivity contribution in [3.8, 4) is 0 Å². The average molecular weight is 279 g/mol. The normalized spacial score (nSPS) is 12.1. The minimum absolute atomic E-state index is 0.0178. The predicted octanol–water partition coefficient (Wildman–Crippen LogP) is 2.47. The summed E-state index contributed by atoms with van der Waals surface area (Å²) < 4.78 is 5.24. The Morgan fingerprint density at radius 3 is 3.05 bits per heavy atom. The van der Waals surface area contributed by atoms with E-state index in [1.54, 1.807) is 17.6 Å². The van der Waals surface area contributed by atoms with Gasteiger partial charge in [0.1, 0.15) is 10.8 Å². The Morgan fingerprint density at radius 2 is 2.42 bits per heavy atom. The molecular weight excluding hydrogens is 262 g/mol. The summed E-state index contributed by atoms with van der Waals surface area (Å²) in [6.45, 7) is 4.33. The largest absolute Gasteiger partial charge is 0.469 e. The van der Waals surface area contributed by atoms with Gasteiger partial charge in [-0.05, 0) is 26.0 Å². The first kappa shape index (κ1) is 13.6. The van der Waals surface area contributed by atoms with Gasteiger partial charge >= 0.3 is 6.03 Å². The predicted molar refractivity (Wildman–Crippen MR) is 74.1 cm³/mol. The van der Waals surface area contributed by atoms with Crippen molar-refractivity contribution in [2.75, 3.05) is 0 Å². The van der Waals surface area contributed by atoms with Gasteiger partial charge in [-0.2, -0.15) is 0 Å². The number of thiazole rings is 1. The molecule has 102 valence electrons. The first-order chi connectivity index (χ1) is 9.13. The van der Waals surface area contributed by atoms with Crippen LogP contribution in [-0.4, -0.2) is 17.1 Å². The lowest BCUT2D eigenvalue weighted by molar-refractivity contribution is 0.237. The minimum Gasteiger partial charge on any atom is -0.469 e.